The van der Waals surface area contributed by atoms with Crippen LogP contribution in [-0.4, -0.2) is 25.8 Å². The third-order valence-corrected chi connectivity index (χ3v) is 2.92. The summed E-state index contributed by atoms with van der Waals surface area (Å²) >= 11 is 0. The highest BCUT2D eigenvalue weighted by Crippen LogP contribution is 2.16. The topological polar surface area (TPSA) is 96.7 Å². The first kappa shape index (κ1) is 12.3. The third kappa shape index (κ3) is 2.13. The van der Waals surface area contributed by atoms with E-state index in [1.807, 2.05) is 6.92 Å². The number of nitrogens with zero attached hydrogens (tertiary/aromatic N) is 3. The number of hydrogen-bond acceptors (Lipinski definition) is 5. The van der Waals surface area contributed by atoms with Gasteiger partial charge in [-0.25, -0.2) is 15.0 Å². The smallest absolute Gasteiger partial charge is 0.255 e. The van der Waals surface area contributed by atoms with Crippen LogP contribution in [0, 0.1) is 6.92 Å². The largest absolute Gasteiger partial charge is 0.447 e. The number of aromatic nitrogens is 4. The van der Waals surface area contributed by atoms with Gasteiger partial charge in [0.1, 0.15) is 17.8 Å². The molecule has 3 rings (SSSR count). The van der Waals surface area contributed by atoms with Crippen molar-refractivity contribution in [2.75, 3.05) is 0 Å². The molecule has 3 aromatic heterocycles. The number of fused-ring (bicyclic) bond motifs is 1. The summed E-state index contributed by atoms with van der Waals surface area (Å²) in [5, 5.41) is 2.81. The Bertz CT molecular complexity index is 747. The molecule has 0 aliphatic heterocycles. The van der Waals surface area contributed by atoms with Crippen molar-refractivity contribution in [2.24, 2.45) is 0 Å². The lowest BCUT2D eigenvalue weighted by atomic mass is 10.2. The van der Waals surface area contributed by atoms with E-state index in [1.165, 1.54) is 6.26 Å². The standard InChI is InChI=1S/C13H13N5O2/c1-7-5-15-11-10(17-7)9(6-16-11)12(19)18-8(2)13-14-3-4-20-13/h3-6,8H,1-2H3,(H,15,16)(H,18,19)/t8-/m1/s1. The van der Waals surface area contributed by atoms with Gasteiger partial charge in [0.15, 0.2) is 5.65 Å². The van der Waals surface area contributed by atoms with E-state index in [1.54, 1.807) is 25.5 Å². The van der Waals surface area contributed by atoms with Gasteiger partial charge >= 0.3 is 0 Å². The van der Waals surface area contributed by atoms with E-state index in [-0.39, 0.29) is 11.9 Å². The minimum Gasteiger partial charge on any atom is -0.447 e. The van der Waals surface area contributed by atoms with Crippen molar-refractivity contribution in [3.8, 4) is 0 Å². The van der Waals surface area contributed by atoms with Crippen LogP contribution in [0.1, 0.15) is 34.9 Å². The van der Waals surface area contributed by atoms with Crippen LogP contribution in [0.15, 0.2) is 29.3 Å². The number of H-pyrrole nitrogens is 1. The summed E-state index contributed by atoms with van der Waals surface area (Å²) in [6.07, 6.45) is 6.26. The molecular weight excluding hydrogens is 258 g/mol. The summed E-state index contributed by atoms with van der Waals surface area (Å²) in [5.41, 5.74) is 2.35. The lowest BCUT2D eigenvalue weighted by molar-refractivity contribution is 0.0935. The second-order valence-electron chi connectivity index (χ2n) is 4.48. The van der Waals surface area contributed by atoms with Crippen molar-refractivity contribution in [2.45, 2.75) is 19.9 Å². The summed E-state index contributed by atoms with van der Waals surface area (Å²) in [4.78, 5) is 27.7. The molecule has 7 heteroatoms. The van der Waals surface area contributed by atoms with E-state index in [2.05, 4.69) is 25.3 Å². The maximum atomic E-state index is 12.3. The Morgan fingerprint density at radius 3 is 3.05 bits per heavy atom. The van der Waals surface area contributed by atoms with Crippen LogP contribution < -0.4 is 5.32 Å². The number of carbonyl (C=O) groups excluding carboxylic acids is 1. The Kier molecular flexibility index (Phi) is 2.94. The van der Waals surface area contributed by atoms with Crippen molar-refractivity contribution in [1.82, 2.24) is 25.3 Å². The molecular formula is C13H13N5O2. The Labute approximate surface area is 114 Å². The van der Waals surface area contributed by atoms with E-state index in [9.17, 15) is 4.79 Å². The molecule has 0 fully saturated rings. The van der Waals surface area contributed by atoms with Crippen molar-refractivity contribution in [3.63, 3.8) is 0 Å². The van der Waals surface area contributed by atoms with E-state index >= 15 is 0 Å². The monoisotopic (exact) mass is 271 g/mol. The molecule has 0 bridgehead atoms. The minimum atomic E-state index is -0.319. The number of oxazole rings is 1. The van der Waals surface area contributed by atoms with E-state index in [0.717, 1.165) is 5.69 Å². The summed E-state index contributed by atoms with van der Waals surface area (Å²) < 4.78 is 5.16. The minimum absolute atomic E-state index is 0.248. The molecule has 3 aromatic rings. The van der Waals surface area contributed by atoms with Crippen LogP contribution in [0.2, 0.25) is 0 Å². The average Bonchev–Trinajstić information content (AvgIpc) is 3.07. The lowest BCUT2D eigenvalue weighted by Gasteiger charge is -2.09. The van der Waals surface area contributed by atoms with Crippen LogP contribution in [0.3, 0.4) is 0 Å². The van der Waals surface area contributed by atoms with Gasteiger partial charge in [0.05, 0.1) is 23.7 Å². The molecule has 1 atom stereocenters. The molecule has 0 aliphatic carbocycles. The molecule has 0 saturated carbocycles. The summed E-state index contributed by atoms with van der Waals surface area (Å²) in [7, 11) is 0. The summed E-state index contributed by atoms with van der Waals surface area (Å²) in [6.45, 7) is 3.63. The van der Waals surface area contributed by atoms with Gasteiger partial charge in [-0.05, 0) is 13.8 Å². The number of carbonyl (C=O) groups is 1. The van der Waals surface area contributed by atoms with Crippen molar-refractivity contribution in [1.29, 1.82) is 0 Å². The summed E-state index contributed by atoms with van der Waals surface area (Å²) in [5.74, 6) is 0.210. The fourth-order valence-corrected chi connectivity index (χ4v) is 1.94. The first-order chi connectivity index (χ1) is 9.65. The maximum Gasteiger partial charge on any atom is 0.255 e. The second-order valence-corrected chi connectivity index (χ2v) is 4.48. The normalized spacial score (nSPS) is 12.5. The third-order valence-electron chi connectivity index (χ3n) is 2.92. The number of aromatic amines is 1. The SMILES string of the molecule is Cc1cnc2[nH]cc(C(=O)N[C@H](C)c3ncco3)c2n1. The van der Waals surface area contributed by atoms with Crippen molar-refractivity contribution < 1.29 is 9.21 Å². The van der Waals surface area contributed by atoms with Gasteiger partial charge in [0.25, 0.3) is 5.91 Å². The molecule has 0 spiro atoms. The maximum absolute atomic E-state index is 12.3. The van der Waals surface area contributed by atoms with Gasteiger partial charge in [-0.15, -0.1) is 0 Å². The zero-order valence-electron chi connectivity index (χ0n) is 11.0. The molecule has 3 heterocycles. The molecule has 0 saturated heterocycles. The predicted molar refractivity (Wildman–Crippen MR) is 71.0 cm³/mol. The molecule has 0 aromatic carbocycles. The molecule has 7 nitrogen and oxygen atoms in total. The molecule has 0 aliphatic rings. The molecule has 0 radical (unpaired) electrons. The number of hydrogen-bond donors (Lipinski definition) is 2. The number of aryl methyl sites for hydroxylation is 1. The van der Waals surface area contributed by atoms with Crippen LogP contribution in [0.4, 0.5) is 0 Å². The number of nitrogens with one attached hydrogen (secondary N) is 2. The van der Waals surface area contributed by atoms with E-state index in [4.69, 9.17) is 4.42 Å². The average molecular weight is 271 g/mol. The highest BCUT2D eigenvalue weighted by molar-refractivity contribution is 6.04. The predicted octanol–water partition coefficient (Wildman–Crippen LogP) is 1.75. The first-order valence-corrected chi connectivity index (χ1v) is 6.16. The zero-order chi connectivity index (χ0) is 14.1. The second kappa shape index (κ2) is 4.76. The van der Waals surface area contributed by atoms with Crippen LogP contribution in [-0.2, 0) is 0 Å². The van der Waals surface area contributed by atoms with Crippen LogP contribution in [0.5, 0.6) is 0 Å². The highest BCUT2D eigenvalue weighted by atomic mass is 16.3. The van der Waals surface area contributed by atoms with Gasteiger partial charge < -0.3 is 14.7 Å². The van der Waals surface area contributed by atoms with Gasteiger partial charge in [-0.2, -0.15) is 0 Å². The Morgan fingerprint density at radius 2 is 2.30 bits per heavy atom. The molecule has 2 N–H and O–H groups in total. The van der Waals surface area contributed by atoms with E-state index < -0.39 is 0 Å². The lowest BCUT2D eigenvalue weighted by Crippen LogP contribution is -2.26. The Morgan fingerprint density at radius 1 is 1.45 bits per heavy atom. The van der Waals surface area contributed by atoms with Gasteiger partial charge in [-0.1, -0.05) is 0 Å². The number of amides is 1. The molecule has 1 amide bonds. The number of rotatable bonds is 3. The van der Waals surface area contributed by atoms with Gasteiger partial charge in [-0.3, -0.25) is 4.79 Å². The first-order valence-electron chi connectivity index (χ1n) is 6.16. The quantitative estimate of drug-likeness (QED) is 0.756. The fourth-order valence-electron chi connectivity index (χ4n) is 1.94. The molecule has 102 valence electrons. The molecule has 20 heavy (non-hydrogen) atoms. The highest BCUT2D eigenvalue weighted by Gasteiger charge is 2.18. The van der Waals surface area contributed by atoms with Crippen LogP contribution >= 0.6 is 0 Å². The zero-order valence-corrected chi connectivity index (χ0v) is 11.0. The Balaban J connectivity index is 1.87. The van der Waals surface area contributed by atoms with Gasteiger partial charge in [0, 0.05) is 6.20 Å². The van der Waals surface area contributed by atoms with Crippen molar-refractivity contribution >= 4 is 17.1 Å². The Hall–Kier alpha value is -2.70. The van der Waals surface area contributed by atoms with Crippen molar-refractivity contribution in [3.05, 3.63) is 42.0 Å². The van der Waals surface area contributed by atoms with E-state index in [0.29, 0.717) is 22.6 Å². The fraction of sp³-hybridized carbons (Fsp3) is 0.231. The van der Waals surface area contributed by atoms with Crippen LogP contribution in [0.25, 0.3) is 11.2 Å². The summed E-state index contributed by atoms with van der Waals surface area (Å²) in [6, 6.07) is -0.319. The molecule has 0 unspecified atom stereocenters. The van der Waals surface area contributed by atoms with Gasteiger partial charge in [0.2, 0.25) is 5.89 Å².